The Labute approximate surface area is 56.5 Å². The molecule has 9 heavy (non-hydrogen) atoms. The molecule has 0 aliphatic rings. The first-order valence-corrected chi connectivity index (χ1v) is 3.21. The largest absolute Gasteiger partial charge is 0.316 e. The lowest BCUT2D eigenvalue weighted by molar-refractivity contribution is 0.106. The minimum atomic E-state index is -0.282. The van der Waals surface area contributed by atoms with E-state index < -0.39 is 0 Å². The Kier molecular flexibility index (Phi) is 3.50. The van der Waals surface area contributed by atoms with E-state index in [1.54, 1.807) is 0 Å². The number of allylic oxidation sites excluding steroid dienone is 1. The summed E-state index contributed by atoms with van der Waals surface area (Å²) in [5.41, 5.74) is 1.91. The number of nitrogens with one attached hydrogen (secondary N) is 1. The van der Waals surface area contributed by atoms with Gasteiger partial charge in [0.2, 0.25) is 0 Å². The summed E-state index contributed by atoms with van der Waals surface area (Å²) in [6.45, 7) is 5.86. The third-order valence-electron chi connectivity index (χ3n) is 1.06. The molecular formula is C7H15NO. The van der Waals surface area contributed by atoms with Crippen molar-refractivity contribution in [2.45, 2.75) is 32.7 Å². The van der Waals surface area contributed by atoms with Gasteiger partial charge in [-0.1, -0.05) is 19.1 Å². The number of rotatable bonds is 3. The lowest BCUT2D eigenvalue weighted by Crippen LogP contribution is -2.33. The topological polar surface area (TPSA) is 32.3 Å². The Hall–Kier alpha value is -0.340. The Morgan fingerprint density at radius 3 is 2.44 bits per heavy atom. The highest BCUT2D eigenvalue weighted by atomic mass is 16.5. The van der Waals surface area contributed by atoms with Gasteiger partial charge in [-0.15, -0.1) is 0 Å². The molecule has 0 rings (SSSR count). The van der Waals surface area contributed by atoms with Crippen LogP contribution in [0.5, 0.6) is 0 Å². The van der Waals surface area contributed by atoms with E-state index in [2.05, 4.69) is 12.4 Å². The summed E-state index contributed by atoms with van der Waals surface area (Å²) in [4.78, 5) is 0. The summed E-state index contributed by atoms with van der Waals surface area (Å²) < 4.78 is 0. The molecule has 0 saturated carbocycles. The quantitative estimate of drug-likeness (QED) is 0.449. The van der Waals surface area contributed by atoms with Crippen LogP contribution in [0.2, 0.25) is 0 Å². The van der Waals surface area contributed by atoms with Crippen molar-refractivity contribution in [3.05, 3.63) is 12.2 Å². The fourth-order valence-corrected chi connectivity index (χ4v) is 0.450. The zero-order valence-corrected chi connectivity index (χ0v) is 6.31. The third kappa shape index (κ3) is 4.18. The summed E-state index contributed by atoms with van der Waals surface area (Å²) in [6, 6.07) is 0. The van der Waals surface area contributed by atoms with Gasteiger partial charge >= 0.3 is 0 Å². The van der Waals surface area contributed by atoms with Crippen LogP contribution in [0.15, 0.2) is 12.2 Å². The maximum atomic E-state index is 8.52. The molecule has 0 amide bonds. The Morgan fingerprint density at radius 2 is 2.11 bits per heavy atom. The molecule has 0 heterocycles. The zero-order chi connectivity index (χ0) is 7.33. The van der Waals surface area contributed by atoms with E-state index in [1.807, 2.05) is 26.0 Å². The van der Waals surface area contributed by atoms with Crippen molar-refractivity contribution in [1.82, 2.24) is 5.48 Å². The Bertz CT molecular complexity index is 97.1. The first-order valence-electron chi connectivity index (χ1n) is 3.21. The molecule has 0 aliphatic carbocycles. The van der Waals surface area contributed by atoms with Crippen molar-refractivity contribution in [1.29, 1.82) is 0 Å². The molecule has 0 aromatic heterocycles. The average Bonchev–Trinajstić information content (AvgIpc) is 1.84. The predicted octanol–water partition coefficient (Wildman–Crippen LogP) is 1.71. The molecule has 0 fully saturated rings. The molecule has 0 bridgehead atoms. The number of hydrogen-bond donors (Lipinski definition) is 2. The first-order chi connectivity index (χ1) is 4.12. The van der Waals surface area contributed by atoms with E-state index in [1.165, 1.54) is 0 Å². The van der Waals surface area contributed by atoms with Crippen LogP contribution in [0.3, 0.4) is 0 Å². The molecule has 0 spiro atoms. The highest BCUT2D eigenvalue weighted by molar-refractivity contribution is 4.98. The van der Waals surface area contributed by atoms with Gasteiger partial charge in [-0.05, 0) is 20.3 Å². The highest BCUT2D eigenvalue weighted by Crippen LogP contribution is 2.02. The van der Waals surface area contributed by atoms with Crippen LogP contribution in [0.1, 0.15) is 27.2 Å². The summed E-state index contributed by atoms with van der Waals surface area (Å²) in [6.07, 6.45) is 4.96. The van der Waals surface area contributed by atoms with Crippen molar-refractivity contribution in [2.24, 2.45) is 0 Å². The second-order valence-electron chi connectivity index (χ2n) is 2.64. The molecule has 0 unspecified atom stereocenters. The second kappa shape index (κ2) is 3.64. The molecule has 0 aliphatic heterocycles. The van der Waals surface area contributed by atoms with Gasteiger partial charge in [0.05, 0.1) is 5.54 Å². The maximum absolute atomic E-state index is 8.52. The van der Waals surface area contributed by atoms with Crippen molar-refractivity contribution in [3.8, 4) is 0 Å². The molecule has 54 valence electrons. The van der Waals surface area contributed by atoms with Crippen LogP contribution in [0.25, 0.3) is 0 Å². The summed E-state index contributed by atoms with van der Waals surface area (Å²) in [5.74, 6) is 0. The van der Waals surface area contributed by atoms with Crippen LogP contribution in [0.4, 0.5) is 0 Å². The minimum absolute atomic E-state index is 0.282. The normalized spacial score (nSPS) is 12.9. The van der Waals surface area contributed by atoms with Gasteiger partial charge in [0.25, 0.3) is 0 Å². The third-order valence-corrected chi connectivity index (χ3v) is 1.06. The van der Waals surface area contributed by atoms with Crippen molar-refractivity contribution < 1.29 is 5.21 Å². The number of hydrogen-bond acceptors (Lipinski definition) is 2. The molecule has 2 nitrogen and oxygen atoms in total. The van der Waals surface area contributed by atoms with Gasteiger partial charge in [0.1, 0.15) is 0 Å². The molecule has 2 heteroatoms. The molecule has 0 radical (unpaired) electrons. The first kappa shape index (κ1) is 8.66. The maximum Gasteiger partial charge on any atom is 0.0553 e. The Morgan fingerprint density at radius 1 is 1.56 bits per heavy atom. The smallest absolute Gasteiger partial charge is 0.0553 e. The van der Waals surface area contributed by atoms with Gasteiger partial charge in [-0.2, -0.15) is 5.48 Å². The molecule has 0 saturated heterocycles. The molecule has 0 aromatic carbocycles. The summed E-state index contributed by atoms with van der Waals surface area (Å²) in [7, 11) is 0. The van der Waals surface area contributed by atoms with Crippen LogP contribution in [-0.4, -0.2) is 10.7 Å². The van der Waals surface area contributed by atoms with Crippen LogP contribution in [0, 0.1) is 0 Å². The lowest BCUT2D eigenvalue weighted by Gasteiger charge is -2.16. The summed E-state index contributed by atoms with van der Waals surface area (Å²) >= 11 is 0. The van der Waals surface area contributed by atoms with E-state index >= 15 is 0 Å². The monoisotopic (exact) mass is 129 g/mol. The minimum Gasteiger partial charge on any atom is -0.316 e. The average molecular weight is 129 g/mol. The van der Waals surface area contributed by atoms with Gasteiger partial charge < -0.3 is 5.21 Å². The van der Waals surface area contributed by atoms with Gasteiger partial charge in [0, 0.05) is 0 Å². The van der Waals surface area contributed by atoms with Crippen LogP contribution < -0.4 is 5.48 Å². The fraction of sp³-hybridized carbons (Fsp3) is 0.714. The van der Waals surface area contributed by atoms with Gasteiger partial charge in [0.15, 0.2) is 0 Å². The van der Waals surface area contributed by atoms with Gasteiger partial charge in [-0.3, -0.25) is 0 Å². The fourth-order valence-electron chi connectivity index (χ4n) is 0.450. The van der Waals surface area contributed by atoms with E-state index in [4.69, 9.17) is 5.21 Å². The van der Waals surface area contributed by atoms with E-state index in [0.29, 0.717) is 0 Å². The summed E-state index contributed by atoms with van der Waals surface area (Å²) in [5, 5.41) is 8.52. The van der Waals surface area contributed by atoms with E-state index in [0.717, 1.165) is 6.42 Å². The second-order valence-corrected chi connectivity index (χ2v) is 2.64. The molecule has 2 N–H and O–H groups in total. The van der Waals surface area contributed by atoms with Crippen molar-refractivity contribution >= 4 is 0 Å². The molecular weight excluding hydrogens is 114 g/mol. The predicted molar refractivity (Wildman–Crippen MR) is 38.4 cm³/mol. The van der Waals surface area contributed by atoms with Crippen molar-refractivity contribution in [2.75, 3.05) is 0 Å². The van der Waals surface area contributed by atoms with Crippen LogP contribution >= 0.6 is 0 Å². The SMILES string of the molecule is CC/C=C\C(C)(C)NO. The zero-order valence-electron chi connectivity index (χ0n) is 6.31. The molecule has 0 aromatic rings. The van der Waals surface area contributed by atoms with E-state index in [9.17, 15) is 0 Å². The van der Waals surface area contributed by atoms with Crippen LogP contribution in [-0.2, 0) is 0 Å². The highest BCUT2D eigenvalue weighted by Gasteiger charge is 2.08. The Balaban J connectivity index is 3.70. The van der Waals surface area contributed by atoms with Crippen molar-refractivity contribution in [3.63, 3.8) is 0 Å². The standard InChI is InChI=1S/C7H15NO/c1-4-5-6-7(2,3)8-9/h5-6,8-9H,4H2,1-3H3/b6-5-. The van der Waals surface area contributed by atoms with Gasteiger partial charge in [-0.25, -0.2) is 0 Å². The van der Waals surface area contributed by atoms with E-state index in [-0.39, 0.29) is 5.54 Å². The lowest BCUT2D eigenvalue weighted by atomic mass is 10.1. The molecule has 0 atom stereocenters. The number of hydroxylamine groups is 1.